The highest BCUT2D eigenvalue weighted by Gasteiger charge is 2.24. The van der Waals surface area contributed by atoms with Crippen molar-refractivity contribution in [3.8, 4) is 40.1 Å². The Kier molecular flexibility index (Phi) is 7.27. The third kappa shape index (κ3) is 5.00. The Hall–Kier alpha value is -8.81. The molecule has 0 saturated carbocycles. The summed E-state index contributed by atoms with van der Waals surface area (Å²) in [5, 5.41) is 9.11. The van der Waals surface area contributed by atoms with Gasteiger partial charge in [0, 0.05) is 65.6 Å². The monoisotopic (exact) mass is 818 g/mol. The lowest BCUT2D eigenvalue weighted by Crippen LogP contribution is -2.06. The fraction of sp³-hybridized carbons (Fsp3) is 0. The SMILES string of the molecule is c1ccc(-n2c3ccccc3c3ccc(-c4nc(-c5ccc6c(c5)oc5ccccc56)nc(-n5c6ccccc6c6c5ccc5c7ccccc7n(-c7ccccc7)c56)n4)cc32)cc1. The Labute approximate surface area is 365 Å². The maximum absolute atomic E-state index is 6.41. The van der Waals surface area contributed by atoms with Gasteiger partial charge in [-0.05, 0) is 72.8 Å². The number of para-hydroxylation sites is 6. The highest BCUT2D eigenvalue weighted by atomic mass is 16.3. The van der Waals surface area contributed by atoms with E-state index >= 15 is 0 Å². The van der Waals surface area contributed by atoms with Gasteiger partial charge in [0.15, 0.2) is 11.6 Å². The van der Waals surface area contributed by atoms with Crippen molar-refractivity contribution < 1.29 is 4.42 Å². The molecule has 9 aromatic carbocycles. The molecular weight excluding hydrogens is 785 g/mol. The van der Waals surface area contributed by atoms with Crippen LogP contribution in [0.4, 0.5) is 0 Å². The molecule has 0 N–H and O–H groups in total. The van der Waals surface area contributed by atoms with Gasteiger partial charge in [-0.1, -0.05) is 133 Å². The molecule has 0 amide bonds. The number of rotatable bonds is 5. The molecule has 7 nitrogen and oxygen atoms in total. The third-order valence-electron chi connectivity index (χ3n) is 12.9. The molecule has 0 radical (unpaired) electrons. The van der Waals surface area contributed by atoms with Crippen LogP contribution >= 0.6 is 0 Å². The van der Waals surface area contributed by atoms with Crippen molar-refractivity contribution in [1.29, 1.82) is 0 Å². The van der Waals surface area contributed by atoms with Gasteiger partial charge in [0.2, 0.25) is 5.95 Å². The van der Waals surface area contributed by atoms with E-state index in [2.05, 4.69) is 202 Å². The van der Waals surface area contributed by atoms with Crippen LogP contribution in [0.15, 0.2) is 211 Å². The van der Waals surface area contributed by atoms with Crippen LogP contribution in [0.3, 0.4) is 0 Å². The minimum atomic E-state index is 0.529. The maximum Gasteiger partial charge on any atom is 0.238 e. The van der Waals surface area contributed by atoms with Gasteiger partial charge < -0.3 is 13.6 Å². The van der Waals surface area contributed by atoms with Crippen LogP contribution in [0.25, 0.3) is 127 Å². The van der Waals surface area contributed by atoms with Crippen molar-refractivity contribution in [3.63, 3.8) is 0 Å². The summed E-state index contributed by atoms with van der Waals surface area (Å²) in [6, 6.07) is 72.5. The summed E-state index contributed by atoms with van der Waals surface area (Å²) in [4.78, 5) is 16.1. The number of hydrogen-bond donors (Lipinski definition) is 0. The first kappa shape index (κ1) is 34.9. The van der Waals surface area contributed by atoms with Gasteiger partial charge >= 0.3 is 0 Å². The second kappa shape index (κ2) is 13.3. The van der Waals surface area contributed by atoms with Crippen LogP contribution < -0.4 is 0 Å². The van der Waals surface area contributed by atoms with Crippen LogP contribution in [0.2, 0.25) is 0 Å². The smallest absolute Gasteiger partial charge is 0.238 e. The van der Waals surface area contributed by atoms with Crippen molar-refractivity contribution in [3.05, 3.63) is 206 Å². The lowest BCUT2D eigenvalue weighted by Gasteiger charge is -2.12. The number of hydrogen-bond acceptors (Lipinski definition) is 4. The summed E-state index contributed by atoms with van der Waals surface area (Å²) in [6.07, 6.45) is 0. The number of aromatic nitrogens is 6. The standard InChI is InChI=1S/C57H34N6O/c1-3-15-37(16-4-1)61-46-23-11-7-19-39(46)41-29-27-35(33-50(41)61)55-58-56(36-28-30-43-42-21-10-14-26-51(42)64-52(43)34-36)60-57(59-55)63-48-25-13-9-22-45(48)53-49(63)32-31-44-40-20-8-12-24-47(40)62(54(44)53)38-17-5-2-6-18-38/h1-34H. The highest BCUT2D eigenvalue weighted by Crippen LogP contribution is 2.42. The average Bonchev–Trinajstić information content (AvgIpc) is 4.10. The highest BCUT2D eigenvalue weighted by molar-refractivity contribution is 6.26. The summed E-state index contributed by atoms with van der Waals surface area (Å²) >= 11 is 0. The van der Waals surface area contributed by atoms with Crippen LogP contribution in [-0.4, -0.2) is 28.7 Å². The Bertz CT molecular complexity index is 4190. The lowest BCUT2D eigenvalue weighted by atomic mass is 10.1. The van der Waals surface area contributed by atoms with Crippen molar-refractivity contribution in [1.82, 2.24) is 28.7 Å². The molecule has 0 unspecified atom stereocenters. The van der Waals surface area contributed by atoms with E-state index in [1.807, 2.05) is 18.2 Å². The molecule has 64 heavy (non-hydrogen) atoms. The molecule has 5 heterocycles. The molecule has 7 heteroatoms. The van der Waals surface area contributed by atoms with Crippen molar-refractivity contribution >= 4 is 87.4 Å². The molecule has 0 aliphatic carbocycles. The van der Waals surface area contributed by atoms with Gasteiger partial charge in [-0.3, -0.25) is 4.57 Å². The number of nitrogens with zero attached hydrogens (tertiary/aromatic N) is 6. The van der Waals surface area contributed by atoms with Crippen molar-refractivity contribution in [2.24, 2.45) is 0 Å². The second-order valence-electron chi connectivity index (χ2n) is 16.4. The van der Waals surface area contributed by atoms with Crippen LogP contribution in [-0.2, 0) is 0 Å². The average molecular weight is 819 g/mol. The quantitative estimate of drug-likeness (QED) is 0.173. The van der Waals surface area contributed by atoms with Gasteiger partial charge in [0.1, 0.15) is 11.2 Å². The predicted molar refractivity (Wildman–Crippen MR) is 261 cm³/mol. The number of furan rings is 1. The molecule has 5 aromatic heterocycles. The van der Waals surface area contributed by atoms with Gasteiger partial charge in [-0.25, -0.2) is 4.98 Å². The third-order valence-corrected chi connectivity index (χ3v) is 12.9. The first-order valence-corrected chi connectivity index (χ1v) is 21.5. The second-order valence-corrected chi connectivity index (χ2v) is 16.4. The van der Waals surface area contributed by atoms with E-state index < -0.39 is 0 Å². The minimum absolute atomic E-state index is 0.529. The minimum Gasteiger partial charge on any atom is -0.456 e. The molecule has 14 rings (SSSR count). The Balaban J connectivity index is 1.07. The summed E-state index contributed by atoms with van der Waals surface area (Å²) < 4.78 is 13.4. The van der Waals surface area contributed by atoms with Gasteiger partial charge in [-0.2, -0.15) is 9.97 Å². The fourth-order valence-corrected chi connectivity index (χ4v) is 10.1. The zero-order chi connectivity index (χ0) is 41.9. The molecule has 14 aromatic rings. The van der Waals surface area contributed by atoms with E-state index in [1.165, 1.54) is 16.2 Å². The summed E-state index contributed by atoms with van der Waals surface area (Å²) in [6.45, 7) is 0. The van der Waals surface area contributed by atoms with E-state index in [0.717, 1.165) is 93.7 Å². The zero-order valence-corrected chi connectivity index (χ0v) is 34.2. The first-order chi connectivity index (χ1) is 31.7. The van der Waals surface area contributed by atoms with Gasteiger partial charge in [0.05, 0.1) is 33.1 Å². The normalized spacial score (nSPS) is 12.1. The van der Waals surface area contributed by atoms with Gasteiger partial charge in [-0.15, -0.1) is 0 Å². The number of fused-ring (bicyclic) bond motifs is 13. The van der Waals surface area contributed by atoms with Crippen LogP contribution in [0, 0.1) is 0 Å². The molecule has 0 aliphatic rings. The molecule has 0 atom stereocenters. The number of benzene rings is 9. The van der Waals surface area contributed by atoms with E-state index in [9.17, 15) is 0 Å². The van der Waals surface area contributed by atoms with E-state index in [4.69, 9.17) is 19.4 Å². The Morgan fingerprint density at radius 2 is 0.812 bits per heavy atom. The first-order valence-electron chi connectivity index (χ1n) is 21.5. The molecule has 0 spiro atoms. The molecule has 0 bridgehead atoms. The van der Waals surface area contributed by atoms with Crippen LogP contribution in [0.1, 0.15) is 0 Å². The van der Waals surface area contributed by atoms with E-state index in [-0.39, 0.29) is 0 Å². The molecule has 0 aliphatic heterocycles. The maximum atomic E-state index is 6.41. The van der Waals surface area contributed by atoms with Crippen molar-refractivity contribution in [2.75, 3.05) is 0 Å². The van der Waals surface area contributed by atoms with Gasteiger partial charge in [0.25, 0.3) is 0 Å². The fourth-order valence-electron chi connectivity index (χ4n) is 10.1. The largest absolute Gasteiger partial charge is 0.456 e. The summed E-state index contributed by atoms with van der Waals surface area (Å²) in [7, 11) is 0. The van der Waals surface area contributed by atoms with E-state index in [0.29, 0.717) is 17.6 Å². The Morgan fingerprint density at radius 1 is 0.312 bits per heavy atom. The van der Waals surface area contributed by atoms with Crippen molar-refractivity contribution in [2.45, 2.75) is 0 Å². The zero-order valence-electron chi connectivity index (χ0n) is 34.2. The molecular formula is C57H34N6O. The molecule has 0 saturated heterocycles. The molecule has 0 fully saturated rings. The molecule has 298 valence electrons. The lowest BCUT2D eigenvalue weighted by molar-refractivity contribution is 0.669. The topological polar surface area (TPSA) is 66.6 Å². The van der Waals surface area contributed by atoms with E-state index in [1.54, 1.807) is 0 Å². The summed E-state index contributed by atoms with van der Waals surface area (Å²) in [5.74, 6) is 1.65. The predicted octanol–water partition coefficient (Wildman–Crippen LogP) is 14.4. The summed E-state index contributed by atoms with van der Waals surface area (Å²) in [5.41, 5.74) is 12.1. The van der Waals surface area contributed by atoms with Crippen LogP contribution in [0.5, 0.6) is 0 Å². The Morgan fingerprint density at radius 3 is 1.53 bits per heavy atom.